The van der Waals surface area contributed by atoms with E-state index in [9.17, 15) is 8.78 Å². The number of halogens is 3. The minimum atomic E-state index is -1.10. The van der Waals surface area contributed by atoms with Gasteiger partial charge in [0.05, 0.1) is 19.9 Å². The normalized spacial score (nSPS) is 10.3. The molecule has 0 saturated heterocycles. The van der Waals surface area contributed by atoms with Gasteiger partial charge in [-0.15, -0.1) is 0 Å². The summed E-state index contributed by atoms with van der Waals surface area (Å²) in [6, 6.07) is 5.21. The molecule has 0 spiro atoms. The third kappa shape index (κ3) is 3.18. The lowest BCUT2D eigenvalue weighted by atomic mass is 10.2. The summed E-state index contributed by atoms with van der Waals surface area (Å²) in [5, 5.41) is 0. The highest BCUT2D eigenvalue weighted by molar-refractivity contribution is 9.10. The maximum atomic E-state index is 13.7. The van der Waals surface area contributed by atoms with Crippen molar-refractivity contribution in [2.24, 2.45) is 0 Å². The summed E-state index contributed by atoms with van der Waals surface area (Å²) < 4.78 is 42.9. The molecule has 7 heteroatoms. The van der Waals surface area contributed by atoms with Crippen molar-refractivity contribution in [3.05, 3.63) is 40.4 Å². The van der Waals surface area contributed by atoms with Crippen LogP contribution in [0.4, 0.5) is 14.5 Å². The predicted octanol–water partition coefficient (Wildman–Crippen LogP) is 4.12. The fraction of sp³-hybridized carbons (Fsp3) is 0.143. The summed E-state index contributed by atoms with van der Waals surface area (Å²) in [7, 11) is 2.90. The van der Waals surface area contributed by atoms with Crippen LogP contribution in [0.5, 0.6) is 23.0 Å². The van der Waals surface area contributed by atoms with E-state index in [-0.39, 0.29) is 17.2 Å². The molecule has 2 aromatic carbocycles. The molecule has 0 radical (unpaired) electrons. The van der Waals surface area contributed by atoms with Crippen LogP contribution in [0, 0.1) is 11.6 Å². The molecule has 112 valence electrons. The zero-order valence-corrected chi connectivity index (χ0v) is 12.8. The van der Waals surface area contributed by atoms with Gasteiger partial charge in [-0.25, -0.2) is 4.39 Å². The quantitative estimate of drug-likeness (QED) is 0.658. The summed E-state index contributed by atoms with van der Waals surface area (Å²) in [4.78, 5) is 0. The number of methoxy groups -OCH3 is 2. The highest BCUT2D eigenvalue weighted by atomic mass is 79.9. The van der Waals surface area contributed by atoms with Crippen LogP contribution < -0.4 is 19.9 Å². The number of hydrogen-bond donors (Lipinski definition) is 1. The van der Waals surface area contributed by atoms with Gasteiger partial charge >= 0.3 is 0 Å². The lowest BCUT2D eigenvalue weighted by Crippen LogP contribution is -1.98. The smallest absolute Gasteiger partial charge is 0.201 e. The maximum Gasteiger partial charge on any atom is 0.201 e. The third-order valence-electron chi connectivity index (χ3n) is 2.70. The Bertz CT molecular complexity index is 680. The third-order valence-corrected chi connectivity index (χ3v) is 3.15. The van der Waals surface area contributed by atoms with E-state index in [1.165, 1.54) is 32.4 Å². The number of rotatable bonds is 4. The second kappa shape index (κ2) is 6.17. The van der Waals surface area contributed by atoms with Gasteiger partial charge in [-0.1, -0.05) is 15.9 Å². The highest BCUT2D eigenvalue weighted by Crippen LogP contribution is 2.39. The Balaban J connectivity index is 2.45. The first kappa shape index (κ1) is 15.4. The average molecular weight is 360 g/mol. The average Bonchev–Trinajstić information content (AvgIpc) is 2.45. The molecule has 0 fully saturated rings. The summed E-state index contributed by atoms with van der Waals surface area (Å²) in [6.07, 6.45) is 0. The Labute approximate surface area is 128 Å². The van der Waals surface area contributed by atoms with E-state index in [4.69, 9.17) is 19.9 Å². The molecule has 0 aromatic heterocycles. The van der Waals surface area contributed by atoms with E-state index < -0.39 is 11.6 Å². The van der Waals surface area contributed by atoms with Crippen LogP contribution in [0.3, 0.4) is 0 Å². The van der Waals surface area contributed by atoms with Gasteiger partial charge in [0.2, 0.25) is 5.82 Å². The van der Waals surface area contributed by atoms with Crippen LogP contribution in [-0.2, 0) is 0 Å². The Kier molecular flexibility index (Phi) is 4.52. The van der Waals surface area contributed by atoms with Crippen molar-refractivity contribution in [3.63, 3.8) is 0 Å². The molecule has 4 nitrogen and oxygen atoms in total. The largest absolute Gasteiger partial charge is 0.493 e. The maximum absolute atomic E-state index is 13.7. The van der Waals surface area contributed by atoms with Crippen molar-refractivity contribution < 1.29 is 23.0 Å². The molecule has 21 heavy (non-hydrogen) atoms. The van der Waals surface area contributed by atoms with Crippen molar-refractivity contribution in [1.82, 2.24) is 0 Å². The summed E-state index contributed by atoms with van der Waals surface area (Å²) >= 11 is 3.07. The minimum Gasteiger partial charge on any atom is -0.493 e. The van der Waals surface area contributed by atoms with Gasteiger partial charge in [0.15, 0.2) is 28.8 Å². The molecule has 0 saturated carbocycles. The second-order valence-electron chi connectivity index (χ2n) is 4.05. The van der Waals surface area contributed by atoms with Crippen LogP contribution in [0.2, 0.25) is 0 Å². The second-order valence-corrected chi connectivity index (χ2v) is 4.96. The first-order chi connectivity index (χ1) is 9.96. The number of nitrogen functional groups attached to an aromatic ring is 1. The van der Waals surface area contributed by atoms with Crippen molar-refractivity contribution in [1.29, 1.82) is 0 Å². The Morgan fingerprint density at radius 3 is 2.14 bits per heavy atom. The van der Waals surface area contributed by atoms with Crippen molar-refractivity contribution in [2.75, 3.05) is 20.0 Å². The minimum absolute atomic E-state index is 0.129. The molecule has 0 atom stereocenters. The van der Waals surface area contributed by atoms with Crippen LogP contribution in [-0.4, -0.2) is 14.2 Å². The molecule has 2 aromatic rings. The highest BCUT2D eigenvalue weighted by Gasteiger charge is 2.16. The number of benzene rings is 2. The van der Waals surface area contributed by atoms with Crippen LogP contribution >= 0.6 is 15.9 Å². The first-order valence-corrected chi connectivity index (χ1v) is 6.59. The Hall–Kier alpha value is -2.02. The molecular weight excluding hydrogens is 348 g/mol. The molecule has 0 unspecified atom stereocenters. The lowest BCUT2D eigenvalue weighted by Gasteiger charge is -2.14. The van der Waals surface area contributed by atoms with E-state index >= 15 is 0 Å². The fourth-order valence-corrected chi connectivity index (χ4v) is 2.10. The van der Waals surface area contributed by atoms with Gasteiger partial charge in [-0.2, -0.15) is 4.39 Å². The molecule has 0 aliphatic rings. The zero-order chi connectivity index (χ0) is 15.6. The van der Waals surface area contributed by atoms with Crippen LogP contribution in [0.1, 0.15) is 0 Å². The SMILES string of the molecule is COc1cc(N)c(Oc2cc(Br)cc(F)c2F)cc1OC. The summed E-state index contributed by atoms with van der Waals surface area (Å²) in [5.41, 5.74) is 6.01. The number of ether oxygens (including phenoxy) is 3. The summed E-state index contributed by atoms with van der Waals surface area (Å²) in [6.45, 7) is 0. The monoisotopic (exact) mass is 359 g/mol. The van der Waals surface area contributed by atoms with Crippen LogP contribution in [0.25, 0.3) is 0 Å². The van der Waals surface area contributed by atoms with Gasteiger partial charge in [0, 0.05) is 16.6 Å². The van der Waals surface area contributed by atoms with Crippen molar-refractivity contribution in [3.8, 4) is 23.0 Å². The zero-order valence-electron chi connectivity index (χ0n) is 11.2. The molecule has 2 rings (SSSR count). The number of anilines is 1. The Morgan fingerprint density at radius 2 is 1.52 bits per heavy atom. The number of hydrogen-bond acceptors (Lipinski definition) is 4. The fourth-order valence-electron chi connectivity index (χ4n) is 1.69. The van der Waals surface area contributed by atoms with E-state index in [0.29, 0.717) is 16.0 Å². The lowest BCUT2D eigenvalue weighted by molar-refractivity contribution is 0.351. The number of nitrogens with two attached hydrogens (primary N) is 1. The van der Waals surface area contributed by atoms with Crippen molar-refractivity contribution in [2.45, 2.75) is 0 Å². The van der Waals surface area contributed by atoms with Gasteiger partial charge in [-0.05, 0) is 12.1 Å². The Morgan fingerprint density at radius 1 is 0.905 bits per heavy atom. The molecule has 0 aliphatic carbocycles. The van der Waals surface area contributed by atoms with Crippen LogP contribution in [0.15, 0.2) is 28.7 Å². The van der Waals surface area contributed by atoms with Gasteiger partial charge < -0.3 is 19.9 Å². The summed E-state index contributed by atoms with van der Waals surface area (Å²) in [5.74, 6) is -1.53. The van der Waals surface area contributed by atoms with E-state index in [1.807, 2.05) is 0 Å². The van der Waals surface area contributed by atoms with E-state index in [1.54, 1.807) is 0 Å². The van der Waals surface area contributed by atoms with Gasteiger partial charge in [0.25, 0.3) is 0 Å². The van der Waals surface area contributed by atoms with Crippen molar-refractivity contribution >= 4 is 21.6 Å². The molecule has 0 amide bonds. The van der Waals surface area contributed by atoms with Gasteiger partial charge in [0.1, 0.15) is 0 Å². The molecular formula is C14H12BrF2NO3. The molecule has 0 bridgehead atoms. The molecule has 0 aliphatic heterocycles. The molecule has 0 heterocycles. The predicted molar refractivity (Wildman–Crippen MR) is 78.1 cm³/mol. The standard InChI is InChI=1S/C14H12BrF2NO3/c1-19-11-5-9(18)10(6-12(11)20-2)21-13-4-7(15)3-8(16)14(13)17/h3-6H,18H2,1-2H3. The topological polar surface area (TPSA) is 53.7 Å². The molecule has 2 N–H and O–H groups in total. The van der Waals surface area contributed by atoms with E-state index in [0.717, 1.165) is 6.07 Å². The van der Waals surface area contributed by atoms with Gasteiger partial charge in [-0.3, -0.25) is 0 Å². The first-order valence-electron chi connectivity index (χ1n) is 5.80. The van der Waals surface area contributed by atoms with E-state index in [2.05, 4.69) is 15.9 Å².